The van der Waals surface area contributed by atoms with Gasteiger partial charge in [0.1, 0.15) is 11.2 Å². The predicted molar refractivity (Wildman–Crippen MR) is 102 cm³/mol. The maximum absolute atomic E-state index is 12.7. The summed E-state index contributed by atoms with van der Waals surface area (Å²) in [6.07, 6.45) is 0.237. The zero-order chi connectivity index (χ0) is 19.4. The number of esters is 1. The van der Waals surface area contributed by atoms with Crippen molar-refractivity contribution in [2.24, 2.45) is 0 Å². The number of rotatable bonds is 5. The standard InChI is InChI=1S/C20H17ClN2O4/c1-27-20(26)15(11-12-7-3-2-4-8-12)22-19(25)16-17(24)13-9-5-6-10-14(13)18(21)23-16/h2-10,15,24H,11H2,1H3,(H,22,25)/t15-/m1/s1. The van der Waals surface area contributed by atoms with E-state index in [0.29, 0.717) is 10.8 Å². The molecule has 27 heavy (non-hydrogen) atoms. The van der Waals surface area contributed by atoms with Crippen molar-refractivity contribution in [3.63, 3.8) is 0 Å². The number of fused-ring (bicyclic) bond motifs is 1. The van der Waals surface area contributed by atoms with Crippen LogP contribution in [0.25, 0.3) is 10.8 Å². The molecule has 138 valence electrons. The topological polar surface area (TPSA) is 88.5 Å². The van der Waals surface area contributed by atoms with Gasteiger partial charge in [0.05, 0.1) is 7.11 Å². The van der Waals surface area contributed by atoms with Crippen molar-refractivity contribution in [3.05, 3.63) is 71.0 Å². The highest BCUT2D eigenvalue weighted by Crippen LogP contribution is 2.31. The molecule has 0 aliphatic carbocycles. The summed E-state index contributed by atoms with van der Waals surface area (Å²) in [5, 5.41) is 14.0. The Morgan fingerprint density at radius 1 is 1.11 bits per heavy atom. The van der Waals surface area contributed by atoms with Gasteiger partial charge in [-0.1, -0.05) is 66.2 Å². The van der Waals surface area contributed by atoms with Crippen LogP contribution < -0.4 is 5.32 Å². The fourth-order valence-electron chi connectivity index (χ4n) is 2.78. The van der Waals surface area contributed by atoms with E-state index in [1.54, 1.807) is 24.3 Å². The van der Waals surface area contributed by atoms with Gasteiger partial charge < -0.3 is 15.2 Å². The largest absolute Gasteiger partial charge is 0.505 e. The predicted octanol–water partition coefficient (Wildman–Crippen LogP) is 3.11. The molecule has 0 saturated heterocycles. The SMILES string of the molecule is COC(=O)[C@@H](Cc1ccccc1)NC(=O)c1nc(Cl)c2ccccc2c1O. The fraction of sp³-hybridized carbons (Fsp3) is 0.150. The molecule has 2 aromatic carbocycles. The molecule has 0 aliphatic heterocycles. The van der Waals surface area contributed by atoms with Crippen LogP contribution in [0.1, 0.15) is 16.1 Å². The minimum Gasteiger partial charge on any atom is -0.505 e. The van der Waals surface area contributed by atoms with Gasteiger partial charge in [0.25, 0.3) is 5.91 Å². The molecule has 0 radical (unpaired) electrons. The van der Waals surface area contributed by atoms with Crippen LogP contribution in [0.5, 0.6) is 5.75 Å². The third-order valence-corrected chi connectivity index (χ3v) is 4.42. The second-order valence-corrected chi connectivity index (χ2v) is 6.24. The Bertz CT molecular complexity index is 992. The van der Waals surface area contributed by atoms with Gasteiger partial charge in [-0.05, 0) is 5.56 Å². The number of aromatic nitrogens is 1. The molecule has 7 heteroatoms. The summed E-state index contributed by atoms with van der Waals surface area (Å²) in [4.78, 5) is 28.8. The number of hydrogen-bond acceptors (Lipinski definition) is 5. The summed E-state index contributed by atoms with van der Waals surface area (Å²) in [6.45, 7) is 0. The summed E-state index contributed by atoms with van der Waals surface area (Å²) >= 11 is 6.14. The van der Waals surface area contributed by atoms with Crippen molar-refractivity contribution in [1.29, 1.82) is 0 Å². The maximum atomic E-state index is 12.7. The fourth-order valence-corrected chi connectivity index (χ4v) is 3.03. The first kappa shape index (κ1) is 18.7. The molecule has 1 aromatic heterocycles. The van der Waals surface area contributed by atoms with Crippen molar-refractivity contribution < 1.29 is 19.4 Å². The number of ether oxygens (including phenoxy) is 1. The lowest BCUT2D eigenvalue weighted by Gasteiger charge is -2.17. The Kier molecular flexibility index (Phi) is 5.57. The molecular formula is C20H17ClN2O4. The monoisotopic (exact) mass is 384 g/mol. The molecule has 1 amide bonds. The molecule has 0 fully saturated rings. The first-order valence-electron chi connectivity index (χ1n) is 8.21. The Labute approximate surface area is 160 Å². The van der Waals surface area contributed by atoms with E-state index in [-0.39, 0.29) is 23.0 Å². The molecular weight excluding hydrogens is 368 g/mol. The second kappa shape index (κ2) is 8.05. The molecule has 6 nitrogen and oxygen atoms in total. The van der Waals surface area contributed by atoms with Crippen LogP contribution in [-0.2, 0) is 16.0 Å². The smallest absolute Gasteiger partial charge is 0.328 e. The number of methoxy groups -OCH3 is 1. The van der Waals surface area contributed by atoms with Crippen LogP contribution in [0.2, 0.25) is 5.15 Å². The first-order chi connectivity index (χ1) is 13.0. The Morgan fingerprint density at radius 3 is 2.41 bits per heavy atom. The number of nitrogens with one attached hydrogen (secondary N) is 1. The van der Waals surface area contributed by atoms with E-state index in [4.69, 9.17) is 16.3 Å². The second-order valence-electron chi connectivity index (χ2n) is 5.88. The summed E-state index contributed by atoms with van der Waals surface area (Å²) in [6, 6.07) is 15.1. The summed E-state index contributed by atoms with van der Waals surface area (Å²) in [5.41, 5.74) is 0.600. The zero-order valence-electron chi connectivity index (χ0n) is 14.5. The van der Waals surface area contributed by atoms with E-state index in [9.17, 15) is 14.7 Å². The van der Waals surface area contributed by atoms with Crippen molar-refractivity contribution in [1.82, 2.24) is 10.3 Å². The van der Waals surface area contributed by atoms with Crippen LogP contribution in [0.4, 0.5) is 0 Å². The highest BCUT2D eigenvalue weighted by molar-refractivity contribution is 6.34. The van der Waals surface area contributed by atoms with Gasteiger partial charge in [-0.2, -0.15) is 0 Å². The Hall–Kier alpha value is -3.12. The molecule has 0 bridgehead atoms. The zero-order valence-corrected chi connectivity index (χ0v) is 15.2. The third kappa shape index (κ3) is 4.01. The van der Waals surface area contributed by atoms with Crippen molar-refractivity contribution >= 4 is 34.2 Å². The van der Waals surface area contributed by atoms with Gasteiger partial charge >= 0.3 is 5.97 Å². The number of amides is 1. The lowest BCUT2D eigenvalue weighted by atomic mass is 10.1. The van der Waals surface area contributed by atoms with Gasteiger partial charge in [0.2, 0.25) is 0 Å². The maximum Gasteiger partial charge on any atom is 0.328 e. The van der Waals surface area contributed by atoms with Gasteiger partial charge in [0, 0.05) is 17.2 Å². The van der Waals surface area contributed by atoms with Crippen LogP contribution in [-0.4, -0.2) is 35.1 Å². The molecule has 0 aliphatic rings. The lowest BCUT2D eigenvalue weighted by Crippen LogP contribution is -2.43. The Balaban J connectivity index is 1.91. The van der Waals surface area contributed by atoms with Crippen LogP contribution in [0.15, 0.2) is 54.6 Å². The number of halogens is 1. The number of nitrogens with zero attached hydrogens (tertiary/aromatic N) is 1. The van der Waals surface area contributed by atoms with Gasteiger partial charge in [-0.25, -0.2) is 9.78 Å². The van der Waals surface area contributed by atoms with Crippen LogP contribution >= 0.6 is 11.6 Å². The molecule has 3 aromatic rings. The number of benzene rings is 2. The minimum absolute atomic E-state index is 0.0891. The van der Waals surface area contributed by atoms with E-state index in [1.165, 1.54) is 7.11 Å². The first-order valence-corrected chi connectivity index (χ1v) is 8.59. The highest BCUT2D eigenvalue weighted by Gasteiger charge is 2.26. The van der Waals surface area contributed by atoms with Crippen molar-refractivity contribution in [2.45, 2.75) is 12.5 Å². The minimum atomic E-state index is -0.934. The van der Waals surface area contributed by atoms with Crippen molar-refractivity contribution in [2.75, 3.05) is 7.11 Å². The normalized spacial score (nSPS) is 11.8. The lowest BCUT2D eigenvalue weighted by molar-refractivity contribution is -0.142. The van der Waals surface area contributed by atoms with E-state index in [0.717, 1.165) is 5.56 Å². The van der Waals surface area contributed by atoms with Crippen LogP contribution in [0, 0.1) is 0 Å². The number of aromatic hydroxyl groups is 1. The number of carbonyl (C=O) groups excluding carboxylic acids is 2. The molecule has 3 rings (SSSR count). The number of pyridine rings is 1. The van der Waals surface area contributed by atoms with E-state index >= 15 is 0 Å². The molecule has 0 saturated carbocycles. The van der Waals surface area contributed by atoms with E-state index in [2.05, 4.69) is 10.3 Å². The van der Waals surface area contributed by atoms with Gasteiger partial charge in [-0.15, -0.1) is 0 Å². The molecule has 1 atom stereocenters. The summed E-state index contributed by atoms with van der Waals surface area (Å²) in [5.74, 6) is -1.61. The average Bonchev–Trinajstić information content (AvgIpc) is 2.70. The quantitative estimate of drug-likeness (QED) is 0.521. The van der Waals surface area contributed by atoms with E-state index in [1.807, 2.05) is 30.3 Å². The molecule has 2 N–H and O–H groups in total. The van der Waals surface area contributed by atoms with Gasteiger partial charge in [-0.3, -0.25) is 4.79 Å². The van der Waals surface area contributed by atoms with Gasteiger partial charge in [0.15, 0.2) is 11.4 Å². The van der Waals surface area contributed by atoms with Crippen molar-refractivity contribution in [3.8, 4) is 5.75 Å². The average molecular weight is 385 g/mol. The molecule has 0 spiro atoms. The summed E-state index contributed by atoms with van der Waals surface area (Å²) < 4.78 is 4.78. The third-order valence-electron chi connectivity index (χ3n) is 4.13. The number of carbonyl (C=O) groups is 2. The van der Waals surface area contributed by atoms with E-state index < -0.39 is 17.9 Å². The molecule has 0 unspecified atom stereocenters. The van der Waals surface area contributed by atoms with Crippen LogP contribution in [0.3, 0.4) is 0 Å². The number of hydrogen-bond donors (Lipinski definition) is 2. The highest BCUT2D eigenvalue weighted by atomic mass is 35.5. The summed E-state index contributed by atoms with van der Waals surface area (Å²) in [7, 11) is 1.25. The Morgan fingerprint density at radius 2 is 1.74 bits per heavy atom. The molecule has 1 heterocycles.